The molecule has 0 aliphatic rings. The van der Waals surface area contributed by atoms with Gasteiger partial charge in [-0.3, -0.25) is 4.57 Å². The largest absolute Gasteiger partial charge is 0.456 e. The Balaban J connectivity index is 1.13. The lowest BCUT2D eigenvalue weighted by Gasteiger charge is -2.12. The first-order valence-electron chi connectivity index (χ1n) is 31.1. The molecule has 0 spiro atoms. The Labute approximate surface area is 397 Å². The number of rotatable bonds is 5. The summed E-state index contributed by atoms with van der Waals surface area (Å²) in [5.41, 5.74) is -2.30. The molecule has 64 heavy (non-hydrogen) atoms. The Kier molecular flexibility index (Phi) is 4.06. The molecule has 0 aliphatic heterocycles. The van der Waals surface area contributed by atoms with Crippen molar-refractivity contribution < 1.29 is 40.4 Å². The lowest BCUT2D eigenvalue weighted by Crippen LogP contribution is -2.06. The molecule has 0 saturated heterocycles. The molecular formula is C57H33N5O2. The van der Waals surface area contributed by atoms with Crippen molar-refractivity contribution in [2.45, 2.75) is 0 Å². The Morgan fingerprint density at radius 1 is 0.391 bits per heavy atom. The second-order valence-corrected chi connectivity index (χ2v) is 14.6. The van der Waals surface area contributed by atoms with E-state index in [0.29, 0.717) is 43.6 Å². The average molecular weight is 843 g/mol. The zero-order valence-electron chi connectivity index (χ0n) is 55.3. The van der Waals surface area contributed by atoms with E-state index in [1.165, 1.54) is 0 Å². The van der Waals surface area contributed by atoms with Crippen molar-refractivity contribution in [1.82, 2.24) is 24.1 Å². The van der Waals surface area contributed by atoms with Gasteiger partial charge in [0, 0.05) is 60.3 Å². The molecule has 0 bridgehead atoms. The molecule has 14 aromatic rings. The minimum Gasteiger partial charge on any atom is -0.456 e. The summed E-state index contributed by atoms with van der Waals surface area (Å²) in [5, 5.41) is 0.744. The molecule has 0 aliphatic carbocycles. The number of benzene rings is 9. The molecule has 0 amide bonds. The Morgan fingerprint density at radius 2 is 0.938 bits per heavy atom. The second kappa shape index (κ2) is 13.3. The first kappa shape index (κ1) is 19.5. The van der Waals surface area contributed by atoms with Crippen LogP contribution in [0.5, 0.6) is 0 Å². The van der Waals surface area contributed by atoms with Crippen LogP contribution in [-0.4, -0.2) is 24.1 Å². The fourth-order valence-corrected chi connectivity index (χ4v) is 8.61. The van der Waals surface area contributed by atoms with Gasteiger partial charge < -0.3 is 13.4 Å². The van der Waals surface area contributed by atoms with Crippen LogP contribution in [0.4, 0.5) is 0 Å². The summed E-state index contributed by atoms with van der Waals surface area (Å²) in [6.45, 7) is 0. The van der Waals surface area contributed by atoms with E-state index in [4.69, 9.17) is 46.2 Å². The highest BCUT2D eigenvalue weighted by Crippen LogP contribution is 2.44. The third-order valence-electron chi connectivity index (χ3n) is 11.2. The van der Waals surface area contributed by atoms with E-state index >= 15 is 0 Å². The highest BCUT2D eigenvalue weighted by molar-refractivity contribution is 6.20. The summed E-state index contributed by atoms with van der Waals surface area (Å²) >= 11 is 0. The van der Waals surface area contributed by atoms with Crippen molar-refractivity contribution in [2.75, 3.05) is 0 Å². The van der Waals surface area contributed by atoms with Crippen LogP contribution in [0.1, 0.15) is 31.5 Å². The Morgan fingerprint density at radius 3 is 1.64 bits per heavy atom. The smallest absolute Gasteiger partial charge is 0.238 e. The van der Waals surface area contributed by atoms with Crippen molar-refractivity contribution in [1.29, 1.82) is 0 Å². The second-order valence-electron chi connectivity index (χ2n) is 14.6. The topological polar surface area (TPSA) is 74.8 Å². The van der Waals surface area contributed by atoms with Crippen molar-refractivity contribution >= 4 is 87.5 Å². The monoisotopic (exact) mass is 842 g/mol. The molecule has 14 rings (SSSR count). The molecule has 0 N–H and O–H groups in total. The summed E-state index contributed by atoms with van der Waals surface area (Å²) in [6.07, 6.45) is 0. The van der Waals surface area contributed by atoms with E-state index in [1.54, 1.807) is 69.8 Å². The zero-order valence-corrected chi connectivity index (χ0v) is 32.3. The molecule has 9 aromatic carbocycles. The molecular weight excluding hydrogens is 787 g/mol. The first-order chi connectivity index (χ1) is 41.3. The SMILES string of the molecule is [2H]c1c([2H])c([2H])c(-c2nc(-c3c([2H])c([2H])c([2H])c4oc5c([2H])c([2H])c([2H])c([2H])c5c34)nc(-n3c4ccccc4c4cc5c(cc43)c3ccccc3n5-c3c([2H])c(-c4c([2H])c([2H])c([2H])c([2H])c4[2H])c4c(oc5c([2H])c([2H])c([2H])c([2H])c54)c3[2H])n2)c([2H])c1[2H]. The molecule has 5 aromatic heterocycles. The lowest BCUT2D eigenvalue weighted by atomic mass is 9.98. The van der Waals surface area contributed by atoms with E-state index in [0.717, 1.165) is 0 Å². The van der Waals surface area contributed by atoms with Crippen molar-refractivity contribution in [3.8, 4) is 45.5 Å². The molecule has 0 saturated carbocycles. The summed E-state index contributed by atoms with van der Waals surface area (Å²) in [6, 6.07) is 1.29. The van der Waals surface area contributed by atoms with Gasteiger partial charge in [0.15, 0.2) is 11.6 Å². The maximum atomic E-state index is 10.2. The summed E-state index contributed by atoms with van der Waals surface area (Å²) in [5.74, 6) is -1.34. The van der Waals surface area contributed by atoms with E-state index in [2.05, 4.69) is 4.98 Å². The zero-order chi connectivity index (χ0) is 61.9. The predicted molar refractivity (Wildman–Crippen MR) is 259 cm³/mol. The standard InChI is InChI=1S/C57H33N5O2/c1-3-16-34(17-4-1)42-30-36(31-52-54(42)40-23-10-14-28-50(40)64-52)61-45-25-11-7-20-37(45)43-33-48-44(32-47(43)61)38-21-8-12-26-46(38)62(48)57-59-55(35-18-5-2-6-19-35)58-56(60-57)41-24-15-29-51-53(41)39-22-9-13-27-49(39)63-51/h1-33H/i1D,2D,3D,4D,5D,6D,9D,10D,13D,14D,15D,16D,17D,18D,19D,22D,23D,24D,27D,28D,29D,30D,31D. The van der Waals surface area contributed by atoms with Gasteiger partial charge in [-0.25, -0.2) is 4.98 Å². The number of aromatic nitrogens is 5. The third-order valence-corrected chi connectivity index (χ3v) is 11.2. The molecule has 298 valence electrons. The maximum absolute atomic E-state index is 10.2. The average Bonchev–Trinajstić information content (AvgIpc) is 1.60. The van der Waals surface area contributed by atoms with Crippen molar-refractivity contribution in [3.63, 3.8) is 0 Å². The van der Waals surface area contributed by atoms with Gasteiger partial charge in [0.1, 0.15) is 22.3 Å². The fraction of sp³-hybridized carbons (Fsp3) is 0. The van der Waals surface area contributed by atoms with E-state index in [9.17, 15) is 4.11 Å². The molecule has 5 heterocycles. The normalized spacial score (nSPS) is 17.1. The molecule has 0 radical (unpaired) electrons. The van der Waals surface area contributed by atoms with Crippen LogP contribution in [0.25, 0.3) is 133 Å². The number of furan rings is 2. The molecule has 7 heteroatoms. The highest BCUT2D eigenvalue weighted by Gasteiger charge is 2.24. The number of fused-ring (bicyclic) bond motifs is 12. The van der Waals surface area contributed by atoms with Crippen molar-refractivity contribution in [2.24, 2.45) is 0 Å². The molecule has 7 nitrogen and oxygen atoms in total. The van der Waals surface area contributed by atoms with Crippen LogP contribution in [0, 0.1) is 0 Å². The maximum Gasteiger partial charge on any atom is 0.238 e. The van der Waals surface area contributed by atoms with Gasteiger partial charge in [-0.2, -0.15) is 9.97 Å². The van der Waals surface area contributed by atoms with Crippen molar-refractivity contribution in [3.05, 3.63) is 200 Å². The number of hydrogen-bond donors (Lipinski definition) is 0. The van der Waals surface area contributed by atoms with Gasteiger partial charge in [-0.15, -0.1) is 0 Å². The summed E-state index contributed by atoms with van der Waals surface area (Å²) < 4.78 is 221. The molecule has 0 unspecified atom stereocenters. The highest BCUT2D eigenvalue weighted by atomic mass is 16.3. The number of hydrogen-bond acceptors (Lipinski definition) is 5. The number of nitrogens with zero attached hydrogens (tertiary/aromatic N) is 5. The van der Waals surface area contributed by atoms with Crippen LogP contribution in [0.2, 0.25) is 0 Å². The third kappa shape index (κ3) is 5.06. The molecule has 0 atom stereocenters. The van der Waals surface area contributed by atoms with Gasteiger partial charge in [0.05, 0.1) is 59.3 Å². The van der Waals surface area contributed by atoms with Gasteiger partial charge in [0.2, 0.25) is 5.95 Å². The van der Waals surface area contributed by atoms with Crippen LogP contribution in [-0.2, 0) is 0 Å². The molecule has 0 fully saturated rings. The first-order valence-corrected chi connectivity index (χ1v) is 19.6. The van der Waals surface area contributed by atoms with Crippen LogP contribution in [0.15, 0.2) is 208 Å². The van der Waals surface area contributed by atoms with E-state index < -0.39 is 184 Å². The van der Waals surface area contributed by atoms with Crippen LogP contribution in [0.3, 0.4) is 0 Å². The lowest BCUT2D eigenvalue weighted by molar-refractivity contribution is 0.668. The van der Waals surface area contributed by atoms with Crippen LogP contribution >= 0.6 is 0 Å². The minimum absolute atomic E-state index is 0.250. The minimum atomic E-state index is -0.766. The quantitative estimate of drug-likeness (QED) is 0.173. The van der Waals surface area contributed by atoms with Gasteiger partial charge >= 0.3 is 0 Å². The van der Waals surface area contributed by atoms with Gasteiger partial charge in [-0.1, -0.05) is 145 Å². The number of para-hydroxylation sites is 4. The Hall–Kier alpha value is -8.81. The fourth-order valence-electron chi connectivity index (χ4n) is 8.61. The predicted octanol–water partition coefficient (Wildman–Crippen LogP) is 14.9. The van der Waals surface area contributed by atoms with E-state index in [-0.39, 0.29) is 44.3 Å². The Bertz CT molecular complexity index is 5540. The summed E-state index contributed by atoms with van der Waals surface area (Å²) in [7, 11) is 0. The van der Waals surface area contributed by atoms with E-state index in [1.807, 2.05) is 0 Å². The van der Waals surface area contributed by atoms with Gasteiger partial charge in [0.25, 0.3) is 0 Å². The van der Waals surface area contributed by atoms with Gasteiger partial charge in [-0.05, 0) is 59.6 Å². The van der Waals surface area contributed by atoms with Crippen LogP contribution < -0.4 is 0 Å². The summed E-state index contributed by atoms with van der Waals surface area (Å²) in [4.78, 5) is 14.4.